The Hall–Kier alpha value is -0.660. The number of hydrogen-bond acceptors (Lipinski definition) is 4. The zero-order chi connectivity index (χ0) is 13.2. The summed E-state index contributed by atoms with van der Waals surface area (Å²) < 4.78 is 36.6. The first-order valence-corrected chi connectivity index (χ1v) is 7.13. The van der Waals surface area contributed by atoms with Gasteiger partial charge in [0, 0.05) is 17.3 Å². The predicted molar refractivity (Wildman–Crippen MR) is 71.6 cm³/mol. The van der Waals surface area contributed by atoms with E-state index in [0.717, 1.165) is 10.2 Å². The molecular weight excluding hydrogens is 305 g/mol. The maximum Gasteiger partial charge on any atom is 0.441 e. The summed E-state index contributed by atoms with van der Waals surface area (Å²) in [5.74, 6) is -0.0415. The molecule has 0 unspecified atom stereocenters. The van der Waals surface area contributed by atoms with Crippen molar-refractivity contribution in [2.45, 2.75) is 5.51 Å². The minimum absolute atomic E-state index is 0.0415. The lowest BCUT2D eigenvalue weighted by molar-refractivity contribution is -0.0327. The van der Waals surface area contributed by atoms with Crippen molar-refractivity contribution in [3.63, 3.8) is 0 Å². The fourth-order valence-corrected chi connectivity index (χ4v) is 2.90. The van der Waals surface area contributed by atoms with Crippen LogP contribution < -0.4 is 5.32 Å². The molecule has 0 radical (unpaired) electrons. The van der Waals surface area contributed by atoms with Crippen molar-refractivity contribution in [1.82, 2.24) is 4.98 Å². The predicted octanol–water partition coefficient (Wildman–Crippen LogP) is 4.61. The molecule has 18 heavy (non-hydrogen) atoms. The van der Waals surface area contributed by atoms with Crippen molar-refractivity contribution in [2.24, 2.45) is 0 Å². The zero-order valence-electron chi connectivity index (χ0n) is 8.92. The second kappa shape index (κ2) is 5.54. The van der Waals surface area contributed by atoms with Crippen LogP contribution in [0.25, 0.3) is 10.2 Å². The van der Waals surface area contributed by atoms with Crippen LogP contribution in [0.1, 0.15) is 0 Å². The molecule has 0 saturated carbocycles. The van der Waals surface area contributed by atoms with Crippen molar-refractivity contribution < 1.29 is 13.2 Å². The molecule has 1 N–H and O–H groups in total. The number of halogens is 4. The van der Waals surface area contributed by atoms with Crippen molar-refractivity contribution in [3.8, 4) is 0 Å². The van der Waals surface area contributed by atoms with E-state index in [4.69, 9.17) is 11.6 Å². The Morgan fingerprint density at radius 3 is 2.89 bits per heavy atom. The van der Waals surface area contributed by atoms with E-state index < -0.39 is 5.51 Å². The number of fused-ring (bicyclic) bond motifs is 1. The van der Waals surface area contributed by atoms with Gasteiger partial charge in [-0.1, -0.05) is 22.9 Å². The van der Waals surface area contributed by atoms with E-state index >= 15 is 0 Å². The number of rotatable bonds is 4. The smallest absolute Gasteiger partial charge is 0.361 e. The van der Waals surface area contributed by atoms with E-state index in [9.17, 15) is 13.2 Å². The third-order valence-electron chi connectivity index (χ3n) is 1.99. The van der Waals surface area contributed by atoms with Crippen LogP contribution in [0.4, 0.5) is 18.3 Å². The van der Waals surface area contributed by atoms with Gasteiger partial charge in [0.15, 0.2) is 5.13 Å². The Morgan fingerprint density at radius 2 is 2.17 bits per heavy atom. The van der Waals surface area contributed by atoms with Crippen LogP contribution in [0.2, 0.25) is 5.02 Å². The molecule has 0 bridgehead atoms. The van der Waals surface area contributed by atoms with Gasteiger partial charge in [0.2, 0.25) is 0 Å². The number of thioether (sulfide) groups is 1. The number of nitrogens with one attached hydrogen (secondary N) is 1. The first-order valence-electron chi connectivity index (χ1n) is 4.95. The highest BCUT2D eigenvalue weighted by Crippen LogP contribution is 2.31. The Kier molecular flexibility index (Phi) is 4.24. The first kappa shape index (κ1) is 13.8. The summed E-state index contributed by atoms with van der Waals surface area (Å²) in [6, 6.07) is 5.29. The molecule has 0 aliphatic heterocycles. The van der Waals surface area contributed by atoms with E-state index in [2.05, 4.69) is 10.3 Å². The highest BCUT2D eigenvalue weighted by Gasteiger charge is 2.27. The summed E-state index contributed by atoms with van der Waals surface area (Å²) >= 11 is 7.16. The zero-order valence-corrected chi connectivity index (χ0v) is 11.3. The summed E-state index contributed by atoms with van der Waals surface area (Å²) in [6.45, 7) is 0.220. The maximum atomic E-state index is 11.9. The van der Waals surface area contributed by atoms with Crippen LogP contribution in [-0.2, 0) is 0 Å². The summed E-state index contributed by atoms with van der Waals surface area (Å²) in [5, 5.41) is 4.09. The molecule has 1 heterocycles. The molecule has 98 valence electrons. The average Bonchev–Trinajstić information content (AvgIpc) is 2.65. The monoisotopic (exact) mass is 312 g/mol. The molecule has 0 spiro atoms. The first-order chi connectivity index (χ1) is 8.44. The molecule has 2 aromatic rings. The SMILES string of the molecule is FC(F)(F)SCCNc1nc2ccc(Cl)cc2s1. The number of benzene rings is 1. The van der Waals surface area contributed by atoms with Gasteiger partial charge in [-0.2, -0.15) is 13.2 Å². The Labute approximate surface area is 115 Å². The van der Waals surface area contributed by atoms with Crippen molar-refractivity contribution in [1.29, 1.82) is 0 Å². The third-order valence-corrected chi connectivity index (χ3v) is 3.94. The lowest BCUT2D eigenvalue weighted by Crippen LogP contribution is -2.09. The molecule has 8 heteroatoms. The van der Waals surface area contributed by atoms with E-state index in [1.807, 2.05) is 0 Å². The summed E-state index contributed by atoms with van der Waals surface area (Å²) in [5.41, 5.74) is -3.39. The topological polar surface area (TPSA) is 24.9 Å². The second-order valence-corrected chi connectivity index (χ2v) is 5.98. The van der Waals surface area contributed by atoms with E-state index in [1.54, 1.807) is 18.2 Å². The molecule has 1 aromatic heterocycles. The molecule has 1 aromatic carbocycles. The fourth-order valence-electron chi connectivity index (χ4n) is 1.30. The molecular formula is C10H8ClF3N2S2. The molecule has 2 nitrogen and oxygen atoms in total. The van der Waals surface area contributed by atoms with Crippen LogP contribution in [0.5, 0.6) is 0 Å². The Balaban J connectivity index is 1.92. The number of hydrogen-bond donors (Lipinski definition) is 1. The second-order valence-electron chi connectivity index (χ2n) is 3.35. The normalized spacial score (nSPS) is 12.0. The highest BCUT2D eigenvalue weighted by molar-refractivity contribution is 8.00. The van der Waals surface area contributed by atoms with Gasteiger partial charge < -0.3 is 5.32 Å². The largest absolute Gasteiger partial charge is 0.441 e. The Morgan fingerprint density at radius 1 is 1.39 bits per heavy atom. The van der Waals surface area contributed by atoms with Crippen molar-refractivity contribution >= 4 is 50.0 Å². The number of anilines is 1. The van der Waals surface area contributed by atoms with E-state index in [0.29, 0.717) is 10.2 Å². The number of thiazole rings is 1. The van der Waals surface area contributed by atoms with Gasteiger partial charge in [0.1, 0.15) is 0 Å². The molecule has 0 aliphatic carbocycles. The van der Waals surface area contributed by atoms with Crippen LogP contribution in [0.15, 0.2) is 18.2 Å². The average molecular weight is 313 g/mol. The van der Waals surface area contributed by atoms with Crippen molar-refractivity contribution in [3.05, 3.63) is 23.2 Å². The molecule has 0 atom stereocenters. The van der Waals surface area contributed by atoms with Gasteiger partial charge >= 0.3 is 5.51 Å². The summed E-state index contributed by atoms with van der Waals surface area (Å²) in [6.07, 6.45) is 0. The minimum atomic E-state index is -4.18. The maximum absolute atomic E-state index is 11.9. The lowest BCUT2D eigenvalue weighted by atomic mass is 10.3. The summed E-state index contributed by atoms with van der Waals surface area (Å²) in [7, 11) is 0. The molecule has 0 fully saturated rings. The molecule has 2 rings (SSSR count). The van der Waals surface area contributed by atoms with Gasteiger partial charge in [-0.3, -0.25) is 0 Å². The van der Waals surface area contributed by atoms with Gasteiger partial charge in [-0.15, -0.1) is 0 Å². The van der Waals surface area contributed by atoms with Crippen molar-refractivity contribution in [2.75, 3.05) is 17.6 Å². The van der Waals surface area contributed by atoms with Crippen LogP contribution in [0, 0.1) is 0 Å². The molecule has 0 aliphatic rings. The minimum Gasteiger partial charge on any atom is -0.361 e. The fraction of sp³-hybridized carbons (Fsp3) is 0.300. The van der Waals surface area contributed by atoms with Gasteiger partial charge in [-0.25, -0.2) is 4.98 Å². The quantitative estimate of drug-likeness (QED) is 0.834. The highest BCUT2D eigenvalue weighted by atomic mass is 35.5. The molecule has 0 amide bonds. The lowest BCUT2D eigenvalue weighted by Gasteiger charge is -2.05. The van der Waals surface area contributed by atoms with Gasteiger partial charge in [0.25, 0.3) is 0 Å². The van der Waals surface area contributed by atoms with Crippen LogP contribution in [0.3, 0.4) is 0 Å². The number of aromatic nitrogens is 1. The number of alkyl halides is 3. The third kappa shape index (κ3) is 3.93. The molecule has 0 saturated heterocycles. The van der Waals surface area contributed by atoms with E-state index in [-0.39, 0.29) is 24.1 Å². The van der Waals surface area contributed by atoms with Crippen LogP contribution in [-0.4, -0.2) is 22.8 Å². The van der Waals surface area contributed by atoms with Gasteiger partial charge in [0.05, 0.1) is 10.2 Å². The van der Waals surface area contributed by atoms with Gasteiger partial charge in [-0.05, 0) is 30.0 Å². The van der Waals surface area contributed by atoms with Crippen LogP contribution >= 0.6 is 34.7 Å². The Bertz CT molecular complexity index is 541. The number of nitrogens with zero attached hydrogens (tertiary/aromatic N) is 1. The van der Waals surface area contributed by atoms with E-state index in [1.165, 1.54) is 11.3 Å². The standard InChI is InChI=1S/C10H8ClF3N2S2/c11-6-1-2-7-8(5-6)18-9(16-7)15-3-4-17-10(12,13)14/h1-2,5H,3-4H2,(H,15,16). The summed E-state index contributed by atoms with van der Waals surface area (Å²) in [4.78, 5) is 4.25.